The molecule has 0 spiro atoms. The van der Waals surface area contributed by atoms with Crippen LogP contribution in [0.1, 0.15) is 31.2 Å². The van der Waals surface area contributed by atoms with E-state index in [1.165, 1.54) is 25.7 Å². The van der Waals surface area contributed by atoms with Gasteiger partial charge in [0.25, 0.3) is 0 Å². The van der Waals surface area contributed by atoms with Gasteiger partial charge in [-0.15, -0.1) is 0 Å². The number of aromatic nitrogens is 1. The maximum Gasteiger partial charge on any atom is 0.129 e. The van der Waals surface area contributed by atoms with Gasteiger partial charge in [0.05, 0.1) is 12.1 Å². The van der Waals surface area contributed by atoms with Crippen molar-refractivity contribution in [3.8, 4) is 0 Å². The molecular weight excluding hydrogens is 248 g/mol. The number of anilines is 1. The van der Waals surface area contributed by atoms with Gasteiger partial charge in [0.15, 0.2) is 0 Å². The van der Waals surface area contributed by atoms with E-state index in [0.717, 1.165) is 34.7 Å². The molecule has 0 bridgehead atoms. The van der Waals surface area contributed by atoms with E-state index < -0.39 is 0 Å². The lowest BCUT2D eigenvalue weighted by Crippen LogP contribution is -2.29. The van der Waals surface area contributed by atoms with Gasteiger partial charge in [-0.1, -0.05) is 18.2 Å². The molecule has 1 N–H and O–H groups in total. The maximum absolute atomic E-state index is 9.64. The van der Waals surface area contributed by atoms with E-state index in [2.05, 4.69) is 11.0 Å². The van der Waals surface area contributed by atoms with Crippen molar-refractivity contribution >= 4 is 16.7 Å². The summed E-state index contributed by atoms with van der Waals surface area (Å²) in [5.41, 5.74) is 1.99. The monoisotopic (exact) mass is 268 g/mol. The van der Waals surface area contributed by atoms with E-state index in [1.807, 2.05) is 24.3 Å². The molecule has 2 saturated carbocycles. The highest BCUT2D eigenvalue weighted by molar-refractivity contribution is 5.84. The Morgan fingerprint density at radius 1 is 1.15 bits per heavy atom. The van der Waals surface area contributed by atoms with E-state index in [0.29, 0.717) is 6.04 Å². The lowest BCUT2D eigenvalue weighted by molar-refractivity contribution is 0.283. The molecular formula is C17H20N2O. The van der Waals surface area contributed by atoms with Crippen molar-refractivity contribution in [2.45, 2.75) is 38.3 Å². The smallest absolute Gasteiger partial charge is 0.129 e. The Bertz CT molecular complexity index is 632. The van der Waals surface area contributed by atoms with Crippen LogP contribution in [0, 0.1) is 5.92 Å². The molecule has 0 atom stereocenters. The standard InChI is InChI=1S/C17H20N2O/c20-11-13-9-17(18-16-4-2-1-3-15(13)16)19(14-7-8-14)10-12-5-6-12/h1-4,9,12,14,20H,5-8,10-11H2. The summed E-state index contributed by atoms with van der Waals surface area (Å²) in [6.45, 7) is 1.22. The molecule has 0 aliphatic heterocycles. The van der Waals surface area contributed by atoms with Crippen molar-refractivity contribution < 1.29 is 5.11 Å². The van der Waals surface area contributed by atoms with Gasteiger partial charge in [-0.3, -0.25) is 0 Å². The number of hydrogen-bond acceptors (Lipinski definition) is 3. The molecule has 3 heteroatoms. The summed E-state index contributed by atoms with van der Waals surface area (Å²) in [5, 5.41) is 10.7. The Hall–Kier alpha value is -1.61. The number of rotatable bonds is 5. The number of fused-ring (bicyclic) bond motifs is 1. The number of pyridine rings is 1. The van der Waals surface area contributed by atoms with E-state index in [-0.39, 0.29) is 6.61 Å². The van der Waals surface area contributed by atoms with Gasteiger partial charge in [0.1, 0.15) is 5.82 Å². The van der Waals surface area contributed by atoms with Crippen molar-refractivity contribution in [1.82, 2.24) is 4.98 Å². The Morgan fingerprint density at radius 2 is 1.95 bits per heavy atom. The van der Waals surface area contributed by atoms with Crippen LogP contribution in [0.5, 0.6) is 0 Å². The van der Waals surface area contributed by atoms with Gasteiger partial charge in [-0.05, 0) is 49.3 Å². The zero-order valence-corrected chi connectivity index (χ0v) is 11.6. The van der Waals surface area contributed by atoms with Crippen molar-refractivity contribution in [1.29, 1.82) is 0 Å². The summed E-state index contributed by atoms with van der Waals surface area (Å²) in [4.78, 5) is 7.32. The van der Waals surface area contributed by atoms with Gasteiger partial charge in [-0.25, -0.2) is 4.98 Å². The molecule has 1 aromatic carbocycles. The maximum atomic E-state index is 9.64. The minimum absolute atomic E-state index is 0.0813. The summed E-state index contributed by atoms with van der Waals surface area (Å²) in [5.74, 6) is 1.92. The van der Waals surface area contributed by atoms with Crippen LogP contribution in [0.4, 0.5) is 5.82 Å². The number of para-hydroxylation sites is 1. The average Bonchev–Trinajstić information content (AvgIpc) is 3.37. The van der Waals surface area contributed by atoms with Crippen LogP contribution in [0.15, 0.2) is 30.3 Å². The van der Waals surface area contributed by atoms with Crippen LogP contribution < -0.4 is 4.90 Å². The third kappa shape index (κ3) is 2.27. The molecule has 1 heterocycles. The van der Waals surface area contributed by atoms with Crippen LogP contribution in [0.3, 0.4) is 0 Å². The molecule has 20 heavy (non-hydrogen) atoms. The van der Waals surface area contributed by atoms with Gasteiger partial charge < -0.3 is 10.0 Å². The summed E-state index contributed by atoms with van der Waals surface area (Å²) < 4.78 is 0. The Balaban J connectivity index is 1.77. The lowest BCUT2D eigenvalue weighted by atomic mass is 10.1. The predicted octanol–water partition coefficient (Wildman–Crippen LogP) is 3.11. The number of nitrogens with zero attached hydrogens (tertiary/aromatic N) is 2. The zero-order chi connectivity index (χ0) is 13.5. The fourth-order valence-electron chi connectivity index (χ4n) is 2.90. The van der Waals surface area contributed by atoms with Crippen molar-refractivity contribution in [3.63, 3.8) is 0 Å². The highest BCUT2D eigenvalue weighted by Gasteiger charge is 2.34. The first-order chi connectivity index (χ1) is 9.85. The van der Waals surface area contributed by atoms with E-state index in [4.69, 9.17) is 4.98 Å². The van der Waals surface area contributed by atoms with Gasteiger partial charge >= 0.3 is 0 Å². The summed E-state index contributed by atoms with van der Waals surface area (Å²) in [6.07, 6.45) is 5.30. The minimum atomic E-state index is 0.0813. The number of aliphatic hydroxyl groups excluding tert-OH is 1. The molecule has 2 aliphatic carbocycles. The quantitative estimate of drug-likeness (QED) is 0.905. The number of hydrogen-bond donors (Lipinski definition) is 1. The second-order valence-corrected chi connectivity index (χ2v) is 6.14. The van der Waals surface area contributed by atoms with E-state index in [1.54, 1.807) is 0 Å². The average molecular weight is 268 g/mol. The van der Waals surface area contributed by atoms with Crippen LogP contribution in [-0.4, -0.2) is 22.7 Å². The molecule has 0 radical (unpaired) electrons. The minimum Gasteiger partial charge on any atom is -0.392 e. The molecule has 0 amide bonds. The molecule has 0 unspecified atom stereocenters. The highest BCUT2D eigenvalue weighted by Crippen LogP contribution is 2.38. The Labute approximate surface area is 119 Å². The third-order valence-corrected chi connectivity index (χ3v) is 4.39. The largest absolute Gasteiger partial charge is 0.392 e. The number of benzene rings is 1. The Morgan fingerprint density at radius 3 is 2.65 bits per heavy atom. The molecule has 2 aromatic rings. The number of aliphatic hydroxyl groups is 1. The normalized spacial score (nSPS) is 18.4. The second kappa shape index (κ2) is 4.74. The van der Waals surface area contributed by atoms with Crippen LogP contribution in [0.2, 0.25) is 0 Å². The first kappa shape index (κ1) is 12.2. The van der Waals surface area contributed by atoms with Gasteiger partial charge in [0.2, 0.25) is 0 Å². The molecule has 3 nitrogen and oxygen atoms in total. The van der Waals surface area contributed by atoms with Crippen molar-refractivity contribution in [2.75, 3.05) is 11.4 Å². The van der Waals surface area contributed by atoms with E-state index in [9.17, 15) is 5.11 Å². The van der Waals surface area contributed by atoms with Crippen molar-refractivity contribution in [3.05, 3.63) is 35.9 Å². The summed E-state index contributed by atoms with van der Waals surface area (Å²) in [6, 6.07) is 10.9. The fraction of sp³-hybridized carbons (Fsp3) is 0.471. The summed E-state index contributed by atoms with van der Waals surface area (Å²) >= 11 is 0. The SMILES string of the molecule is OCc1cc(N(CC2CC2)C2CC2)nc2ccccc12. The summed E-state index contributed by atoms with van der Waals surface area (Å²) in [7, 11) is 0. The molecule has 2 aliphatic rings. The first-order valence-corrected chi connectivity index (χ1v) is 7.61. The predicted molar refractivity (Wildman–Crippen MR) is 80.8 cm³/mol. The first-order valence-electron chi connectivity index (χ1n) is 7.61. The molecule has 2 fully saturated rings. The van der Waals surface area contributed by atoms with E-state index >= 15 is 0 Å². The lowest BCUT2D eigenvalue weighted by Gasteiger charge is -2.24. The van der Waals surface area contributed by atoms with Gasteiger partial charge in [-0.2, -0.15) is 0 Å². The molecule has 104 valence electrons. The fourth-order valence-corrected chi connectivity index (χ4v) is 2.90. The van der Waals surface area contributed by atoms with Crippen molar-refractivity contribution in [2.24, 2.45) is 5.92 Å². The Kier molecular flexibility index (Phi) is 2.88. The highest BCUT2D eigenvalue weighted by atomic mass is 16.3. The topological polar surface area (TPSA) is 36.4 Å². The second-order valence-electron chi connectivity index (χ2n) is 6.14. The third-order valence-electron chi connectivity index (χ3n) is 4.39. The molecule has 4 rings (SSSR count). The van der Waals surface area contributed by atoms with Gasteiger partial charge in [0, 0.05) is 18.0 Å². The van der Waals surface area contributed by atoms with Crippen LogP contribution in [0.25, 0.3) is 10.9 Å². The molecule has 0 saturated heterocycles. The van der Waals surface area contributed by atoms with Crippen LogP contribution in [-0.2, 0) is 6.61 Å². The van der Waals surface area contributed by atoms with Crippen LogP contribution >= 0.6 is 0 Å². The zero-order valence-electron chi connectivity index (χ0n) is 11.6. The molecule has 1 aromatic heterocycles.